The summed E-state index contributed by atoms with van der Waals surface area (Å²) in [6, 6.07) is 0. The summed E-state index contributed by atoms with van der Waals surface area (Å²) in [5, 5.41) is 0. The summed E-state index contributed by atoms with van der Waals surface area (Å²) in [6.45, 7) is 3.54. The smallest absolute Gasteiger partial charge is 0.333 e. The van der Waals surface area contributed by atoms with Crippen LogP contribution in [0.2, 0.25) is 0 Å². The molecule has 0 bridgehead atoms. The van der Waals surface area contributed by atoms with Crippen LogP contribution in [0.3, 0.4) is 0 Å². The van der Waals surface area contributed by atoms with Crippen molar-refractivity contribution in [1.29, 1.82) is 0 Å². The van der Waals surface area contributed by atoms with E-state index in [9.17, 15) is 40.3 Å². The summed E-state index contributed by atoms with van der Waals surface area (Å²) >= 11 is 0. The van der Waals surface area contributed by atoms with E-state index in [1.165, 1.54) is 20.8 Å². The van der Waals surface area contributed by atoms with Gasteiger partial charge >= 0.3 is 40.4 Å². The molecule has 0 fully saturated rings. The first kappa shape index (κ1) is 21.8. The Hall–Kier alpha value is -0.540. The van der Waals surface area contributed by atoms with Gasteiger partial charge in [-0.05, 0) is 5.41 Å². The van der Waals surface area contributed by atoms with Crippen LogP contribution in [-0.4, -0.2) is 29.6 Å². The molecule has 0 aliphatic carbocycles. The molecule has 0 saturated heterocycles. The molecule has 0 saturated carbocycles. The van der Waals surface area contributed by atoms with Crippen LogP contribution in [0, 0.1) is 11.8 Å². The molecule has 0 N–H and O–H groups in total. The molecular formula is C10H10AgF7O2. The first-order valence-electron chi connectivity index (χ1n) is 4.81. The molecule has 0 rings (SSSR count). The average Bonchev–Trinajstić information content (AvgIpc) is 2.13. The second-order valence-electron chi connectivity index (χ2n) is 4.77. The van der Waals surface area contributed by atoms with E-state index in [-0.39, 0.29) is 22.4 Å². The minimum Gasteiger partial charge on any atom is -0.333 e. The van der Waals surface area contributed by atoms with Crippen molar-refractivity contribution in [1.82, 2.24) is 0 Å². The van der Waals surface area contributed by atoms with Crippen LogP contribution < -0.4 is 0 Å². The molecule has 0 unspecified atom stereocenters. The first-order chi connectivity index (χ1) is 8.05. The van der Waals surface area contributed by atoms with Crippen LogP contribution in [0.1, 0.15) is 20.8 Å². The molecule has 20 heavy (non-hydrogen) atoms. The van der Waals surface area contributed by atoms with Gasteiger partial charge in [0, 0.05) is 5.78 Å². The maximum absolute atomic E-state index is 12.8. The number of hydrogen-bond donors (Lipinski definition) is 0. The van der Waals surface area contributed by atoms with Crippen molar-refractivity contribution in [2.45, 2.75) is 38.8 Å². The molecule has 0 atom stereocenters. The SMILES string of the molecule is CC(C)(C)C(=O)[CH-]C(=O)C(F)(F)C(F)(F)C(F)(F)F.[Ag+]. The summed E-state index contributed by atoms with van der Waals surface area (Å²) in [7, 11) is 0. The Kier molecular flexibility index (Phi) is 6.60. The summed E-state index contributed by atoms with van der Waals surface area (Å²) in [6.07, 6.45) is -7.04. The van der Waals surface area contributed by atoms with Gasteiger partial charge < -0.3 is 9.59 Å². The minimum atomic E-state index is -6.61. The van der Waals surface area contributed by atoms with Gasteiger partial charge in [-0.25, -0.2) is 0 Å². The Morgan fingerprint density at radius 2 is 1.15 bits per heavy atom. The summed E-state index contributed by atoms with van der Waals surface area (Å²) in [4.78, 5) is 22.0. The number of halogens is 7. The Morgan fingerprint density at radius 3 is 1.40 bits per heavy atom. The fourth-order valence-electron chi connectivity index (χ4n) is 0.759. The summed E-state index contributed by atoms with van der Waals surface area (Å²) < 4.78 is 86.0. The zero-order valence-corrected chi connectivity index (χ0v) is 11.8. The molecular weight excluding hydrogens is 393 g/mol. The van der Waals surface area contributed by atoms with E-state index in [2.05, 4.69) is 0 Å². The van der Waals surface area contributed by atoms with E-state index in [4.69, 9.17) is 0 Å². The molecule has 0 aliphatic heterocycles. The largest absolute Gasteiger partial charge is 1.00 e. The van der Waals surface area contributed by atoms with Crippen molar-refractivity contribution >= 4 is 11.6 Å². The molecule has 0 amide bonds. The monoisotopic (exact) mass is 402 g/mol. The number of carbonyl (C=O) groups is 2. The standard InChI is InChI=1S/C10H10F7O2.Ag/c1-7(2,3)5(18)4-6(19)8(11,12)9(13,14)10(15,16)17;/h4H,1-3H3;/q-1;+1. The van der Waals surface area contributed by atoms with Crippen molar-refractivity contribution < 1.29 is 62.7 Å². The summed E-state index contributed by atoms with van der Waals surface area (Å²) in [5.74, 6) is -16.7. The Morgan fingerprint density at radius 1 is 0.800 bits per heavy atom. The average molecular weight is 403 g/mol. The zero-order valence-electron chi connectivity index (χ0n) is 10.3. The number of ketones is 2. The van der Waals surface area contributed by atoms with Crippen molar-refractivity contribution in [3.63, 3.8) is 0 Å². The quantitative estimate of drug-likeness (QED) is 0.313. The van der Waals surface area contributed by atoms with Gasteiger partial charge in [0.05, 0.1) is 5.78 Å². The van der Waals surface area contributed by atoms with Crippen molar-refractivity contribution in [2.24, 2.45) is 5.41 Å². The predicted octanol–water partition coefficient (Wildman–Crippen LogP) is 3.21. The second kappa shape index (κ2) is 6.07. The second-order valence-corrected chi connectivity index (χ2v) is 4.77. The number of hydrogen-bond acceptors (Lipinski definition) is 2. The number of Topliss-reactive ketones (excluding diaryl/α,β-unsaturated/α-hetero) is 2. The maximum atomic E-state index is 12.8. The van der Waals surface area contributed by atoms with Crippen molar-refractivity contribution in [3.05, 3.63) is 6.42 Å². The minimum absolute atomic E-state index is 0. The van der Waals surface area contributed by atoms with Gasteiger partial charge in [-0.3, -0.25) is 6.42 Å². The fourth-order valence-corrected chi connectivity index (χ4v) is 0.759. The molecule has 2 nitrogen and oxygen atoms in total. The first-order valence-corrected chi connectivity index (χ1v) is 4.81. The third-order valence-electron chi connectivity index (χ3n) is 2.06. The maximum Gasteiger partial charge on any atom is 1.00 e. The van der Waals surface area contributed by atoms with E-state index in [0.29, 0.717) is 0 Å². The zero-order chi connectivity index (χ0) is 15.9. The van der Waals surface area contributed by atoms with E-state index < -0.39 is 41.4 Å². The van der Waals surface area contributed by atoms with Crippen LogP contribution in [0.4, 0.5) is 30.7 Å². The molecule has 122 valence electrons. The van der Waals surface area contributed by atoms with E-state index in [0.717, 1.165) is 0 Å². The fraction of sp³-hybridized carbons (Fsp3) is 0.700. The molecule has 0 aliphatic rings. The number of carbonyl (C=O) groups excluding carboxylic acids is 2. The van der Waals surface area contributed by atoms with E-state index in [1.54, 1.807) is 0 Å². The molecule has 0 spiro atoms. The van der Waals surface area contributed by atoms with E-state index in [1.807, 2.05) is 0 Å². The van der Waals surface area contributed by atoms with Crippen LogP contribution in [0.25, 0.3) is 0 Å². The molecule has 10 heteroatoms. The van der Waals surface area contributed by atoms with Gasteiger partial charge in [-0.15, -0.1) is 0 Å². The van der Waals surface area contributed by atoms with Crippen molar-refractivity contribution in [2.75, 3.05) is 0 Å². The third kappa shape index (κ3) is 4.23. The molecule has 0 aromatic heterocycles. The normalized spacial score (nSPS) is 13.5. The van der Waals surface area contributed by atoms with Crippen LogP contribution in [0.5, 0.6) is 0 Å². The van der Waals surface area contributed by atoms with Gasteiger partial charge in [0.2, 0.25) is 0 Å². The van der Waals surface area contributed by atoms with Gasteiger partial charge in [0.1, 0.15) is 0 Å². The topological polar surface area (TPSA) is 34.1 Å². The van der Waals surface area contributed by atoms with Gasteiger partial charge in [0.15, 0.2) is 0 Å². The van der Waals surface area contributed by atoms with Crippen LogP contribution in [-0.2, 0) is 32.0 Å². The number of alkyl halides is 7. The Labute approximate surface area is 125 Å². The number of rotatable bonds is 4. The Balaban J connectivity index is 0. The summed E-state index contributed by atoms with van der Waals surface area (Å²) in [5.41, 5.74) is -1.36. The van der Waals surface area contributed by atoms with E-state index >= 15 is 0 Å². The van der Waals surface area contributed by atoms with Gasteiger partial charge in [0.25, 0.3) is 0 Å². The predicted molar refractivity (Wildman–Crippen MR) is 49.7 cm³/mol. The molecule has 0 aromatic carbocycles. The van der Waals surface area contributed by atoms with Crippen molar-refractivity contribution in [3.8, 4) is 0 Å². The van der Waals surface area contributed by atoms with Crippen LogP contribution in [0.15, 0.2) is 0 Å². The molecule has 0 heterocycles. The third-order valence-corrected chi connectivity index (χ3v) is 2.06. The molecule has 0 aromatic rings. The molecule has 0 radical (unpaired) electrons. The van der Waals surface area contributed by atoms with Gasteiger partial charge in [-0.2, -0.15) is 30.7 Å². The Bertz CT molecular complexity index is 382. The van der Waals surface area contributed by atoms with Crippen LogP contribution >= 0.6 is 0 Å². The van der Waals surface area contributed by atoms with Gasteiger partial charge in [-0.1, -0.05) is 20.8 Å².